The van der Waals surface area contributed by atoms with Crippen molar-refractivity contribution in [3.05, 3.63) is 11.1 Å². The molecule has 1 unspecified atom stereocenters. The van der Waals surface area contributed by atoms with Crippen molar-refractivity contribution < 1.29 is 0 Å². The first-order valence-corrected chi connectivity index (χ1v) is 3.96. The topological polar surface area (TPSA) is 12.4 Å². The van der Waals surface area contributed by atoms with Gasteiger partial charge in [0.05, 0.1) is 0 Å². The van der Waals surface area contributed by atoms with E-state index in [0.29, 0.717) is 5.92 Å². The Hall–Kier alpha value is -0.300. The molecule has 10 heavy (non-hydrogen) atoms. The van der Waals surface area contributed by atoms with Crippen LogP contribution < -0.4 is 0 Å². The third kappa shape index (κ3) is 1.84. The van der Waals surface area contributed by atoms with Gasteiger partial charge in [-0.3, -0.25) is 4.99 Å². The zero-order chi connectivity index (χ0) is 7.56. The van der Waals surface area contributed by atoms with E-state index in [1.165, 1.54) is 0 Å². The SMILES string of the molecule is CC1=NCCC(C)C(Cl)=C1. The maximum atomic E-state index is 5.95. The number of hydrogen-bond donors (Lipinski definition) is 0. The Morgan fingerprint density at radius 2 is 2.40 bits per heavy atom. The summed E-state index contributed by atoms with van der Waals surface area (Å²) < 4.78 is 0. The molecule has 0 saturated carbocycles. The lowest BCUT2D eigenvalue weighted by Crippen LogP contribution is -1.94. The lowest BCUT2D eigenvalue weighted by atomic mass is 10.1. The monoisotopic (exact) mass is 157 g/mol. The molecule has 0 aromatic heterocycles. The van der Waals surface area contributed by atoms with Crippen LogP contribution >= 0.6 is 11.6 Å². The zero-order valence-electron chi connectivity index (χ0n) is 6.39. The number of halogens is 1. The fourth-order valence-corrected chi connectivity index (χ4v) is 1.23. The highest BCUT2D eigenvalue weighted by atomic mass is 35.5. The molecule has 0 N–H and O–H groups in total. The number of aliphatic imine (C=N–C) groups is 1. The minimum atomic E-state index is 0.489. The number of nitrogens with zero attached hydrogens (tertiary/aromatic N) is 1. The Balaban J connectivity index is 2.75. The van der Waals surface area contributed by atoms with Gasteiger partial charge in [-0.1, -0.05) is 18.5 Å². The van der Waals surface area contributed by atoms with Crippen LogP contribution in [0.2, 0.25) is 0 Å². The van der Waals surface area contributed by atoms with Crippen LogP contribution in [-0.4, -0.2) is 12.3 Å². The first kappa shape index (κ1) is 7.80. The van der Waals surface area contributed by atoms with Crippen molar-refractivity contribution in [1.29, 1.82) is 0 Å². The van der Waals surface area contributed by atoms with E-state index >= 15 is 0 Å². The van der Waals surface area contributed by atoms with Crippen molar-refractivity contribution in [1.82, 2.24) is 0 Å². The van der Waals surface area contributed by atoms with Crippen LogP contribution in [0.15, 0.2) is 16.1 Å². The van der Waals surface area contributed by atoms with Crippen LogP contribution in [0.25, 0.3) is 0 Å². The summed E-state index contributed by atoms with van der Waals surface area (Å²) in [5.41, 5.74) is 1.05. The molecule has 0 radical (unpaired) electrons. The molecule has 0 amide bonds. The zero-order valence-corrected chi connectivity index (χ0v) is 7.15. The van der Waals surface area contributed by atoms with Crippen LogP contribution in [0.3, 0.4) is 0 Å². The van der Waals surface area contributed by atoms with Crippen LogP contribution in [0, 0.1) is 5.92 Å². The lowest BCUT2D eigenvalue weighted by molar-refractivity contribution is 0.654. The van der Waals surface area contributed by atoms with Crippen LogP contribution in [-0.2, 0) is 0 Å². The lowest BCUT2D eigenvalue weighted by Gasteiger charge is -2.04. The molecule has 56 valence electrons. The summed E-state index contributed by atoms with van der Waals surface area (Å²) in [6.07, 6.45) is 3.03. The molecule has 0 aromatic rings. The third-order valence-corrected chi connectivity index (χ3v) is 2.22. The minimum Gasteiger partial charge on any atom is -0.290 e. The first-order chi connectivity index (χ1) is 4.70. The van der Waals surface area contributed by atoms with Gasteiger partial charge >= 0.3 is 0 Å². The second-order valence-corrected chi connectivity index (χ2v) is 3.18. The minimum absolute atomic E-state index is 0.489. The second kappa shape index (κ2) is 3.20. The molecule has 0 bridgehead atoms. The van der Waals surface area contributed by atoms with Gasteiger partial charge in [0.2, 0.25) is 0 Å². The van der Waals surface area contributed by atoms with Gasteiger partial charge in [-0.15, -0.1) is 0 Å². The maximum Gasteiger partial charge on any atom is 0.0398 e. The molecular weight excluding hydrogens is 146 g/mol. The molecule has 0 fully saturated rings. The fraction of sp³-hybridized carbons (Fsp3) is 0.625. The number of rotatable bonds is 0. The standard InChI is InChI=1S/C8H12ClN/c1-6-3-4-10-7(2)5-8(6)9/h5-6H,3-4H2,1-2H3. The van der Waals surface area contributed by atoms with Crippen LogP contribution in [0.4, 0.5) is 0 Å². The summed E-state index contributed by atoms with van der Waals surface area (Å²) in [5, 5.41) is 0.943. The highest BCUT2D eigenvalue weighted by Crippen LogP contribution is 2.20. The van der Waals surface area contributed by atoms with Crippen LogP contribution in [0.1, 0.15) is 20.3 Å². The van der Waals surface area contributed by atoms with Crippen molar-refractivity contribution in [2.24, 2.45) is 10.9 Å². The fourth-order valence-electron chi connectivity index (χ4n) is 0.960. The van der Waals surface area contributed by atoms with E-state index in [2.05, 4.69) is 11.9 Å². The molecule has 1 nitrogen and oxygen atoms in total. The van der Waals surface area contributed by atoms with Gasteiger partial charge in [0.25, 0.3) is 0 Å². The molecule has 1 heterocycles. The summed E-state index contributed by atoms with van der Waals surface area (Å²) in [7, 11) is 0. The molecule has 0 aromatic carbocycles. The van der Waals surface area contributed by atoms with E-state index in [1.807, 2.05) is 13.0 Å². The van der Waals surface area contributed by atoms with E-state index in [9.17, 15) is 0 Å². The second-order valence-electron chi connectivity index (χ2n) is 2.74. The average Bonchev–Trinajstić information content (AvgIpc) is 1.96. The van der Waals surface area contributed by atoms with Gasteiger partial charge < -0.3 is 0 Å². The molecule has 1 aliphatic heterocycles. The van der Waals surface area contributed by atoms with Crippen molar-refractivity contribution >= 4 is 17.3 Å². The van der Waals surface area contributed by atoms with Gasteiger partial charge in [0.15, 0.2) is 0 Å². The van der Waals surface area contributed by atoms with E-state index in [1.54, 1.807) is 0 Å². The highest BCUT2D eigenvalue weighted by molar-refractivity contribution is 6.31. The Morgan fingerprint density at radius 3 is 3.10 bits per heavy atom. The van der Waals surface area contributed by atoms with Gasteiger partial charge in [-0.05, 0) is 25.3 Å². The molecule has 0 saturated heterocycles. The third-order valence-electron chi connectivity index (χ3n) is 1.74. The molecule has 2 heteroatoms. The number of allylic oxidation sites excluding steroid dienone is 2. The van der Waals surface area contributed by atoms with Crippen molar-refractivity contribution in [3.63, 3.8) is 0 Å². The number of hydrogen-bond acceptors (Lipinski definition) is 1. The summed E-state index contributed by atoms with van der Waals surface area (Å²) in [6.45, 7) is 5.03. The molecule has 1 rings (SSSR count). The molecule has 0 spiro atoms. The Morgan fingerprint density at radius 1 is 1.70 bits per heavy atom. The largest absolute Gasteiger partial charge is 0.290 e. The quantitative estimate of drug-likeness (QED) is 0.513. The summed E-state index contributed by atoms with van der Waals surface area (Å²) in [5.74, 6) is 0.489. The smallest absolute Gasteiger partial charge is 0.0398 e. The summed E-state index contributed by atoms with van der Waals surface area (Å²) in [6, 6.07) is 0. The Labute approximate surface area is 66.8 Å². The Kier molecular flexibility index (Phi) is 2.50. The average molecular weight is 158 g/mol. The molecular formula is C8H12ClN. The van der Waals surface area contributed by atoms with Gasteiger partial charge in [-0.25, -0.2) is 0 Å². The van der Waals surface area contributed by atoms with E-state index in [4.69, 9.17) is 11.6 Å². The molecule has 1 atom stereocenters. The van der Waals surface area contributed by atoms with Crippen molar-refractivity contribution in [2.75, 3.05) is 6.54 Å². The van der Waals surface area contributed by atoms with E-state index in [-0.39, 0.29) is 0 Å². The molecule has 1 aliphatic rings. The highest BCUT2D eigenvalue weighted by Gasteiger charge is 2.08. The van der Waals surface area contributed by atoms with Gasteiger partial charge in [-0.2, -0.15) is 0 Å². The summed E-state index contributed by atoms with van der Waals surface area (Å²) >= 11 is 5.95. The predicted molar refractivity (Wildman–Crippen MR) is 45.7 cm³/mol. The van der Waals surface area contributed by atoms with E-state index < -0.39 is 0 Å². The van der Waals surface area contributed by atoms with Gasteiger partial charge in [0, 0.05) is 17.3 Å². The van der Waals surface area contributed by atoms with Crippen LogP contribution in [0.5, 0.6) is 0 Å². The van der Waals surface area contributed by atoms with Gasteiger partial charge in [0.1, 0.15) is 0 Å². The Bertz CT molecular complexity index is 182. The van der Waals surface area contributed by atoms with E-state index in [0.717, 1.165) is 23.7 Å². The van der Waals surface area contributed by atoms with Crippen molar-refractivity contribution in [2.45, 2.75) is 20.3 Å². The summed E-state index contributed by atoms with van der Waals surface area (Å²) in [4.78, 5) is 4.28. The first-order valence-electron chi connectivity index (χ1n) is 3.58. The van der Waals surface area contributed by atoms with Crippen molar-refractivity contribution in [3.8, 4) is 0 Å². The predicted octanol–water partition coefficient (Wildman–Crippen LogP) is 2.61. The molecule has 0 aliphatic carbocycles. The normalized spacial score (nSPS) is 26.9. The maximum absolute atomic E-state index is 5.95.